The minimum atomic E-state index is 0.130. The Morgan fingerprint density at radius 3 is 2.09 bits per heavy atom. The molecule has 0 radical (unpaired) electrons. The Bertz CT molecular complexity index is 565. The summed E-state index contributed by atoms with van der Waals surface area (Å²) in [7, 11) is 0. The quantitative estimate of drug-likeness (QED) is 0.576. The third-order valence-electron chi connectivity index (χ3n) is 4.06. The number of unbranched alkanes of at least 4 members (excludes halogenated alkanes) is 4. The molecule has 1 amide bonds. The number of carbonyl (C=O) groups is 1. The van der Waals surface area contributed by atoms with E-state index in [9.17, 15) is 4.79 Å². The number of nitrogens with zero attached hydrogens (tertiary/aromatic N) is 1. The average molecular weight is 309 g/mol. The lowest BCUT2D eigenvalue weighted by Gasteiger charge is -2.23. The first kappa shape index (κ1) is 17.3. The van der Waals surface area contributed by atoms with Gasteiger partial charge in [-0.15, -0.1) is 0 Å². The predicted molar refractivity (Wildman–Crippen MR) is 96.4 cm³/mol. The van der Waals surface area contributed by atoms with E-state index < -0.39 is 0 Å². The molecule has 2 aromatic rings. The van der Waals surface area contributed by atoms with Crippen LogP contribution in [0.2, 0.25) is 0 Å². The first-order chi connectivity index (χ1) is 11.3. The molecule has 2 rings (SSSR count). The van der Waals surface area contributed by atoms with Crippen LogP contribution in [0.3, 0.4) is 0 Å². The monoisotopic (exact) mass is 309 g/mol. The second-order valence-electron chi connectivity index (χ2n) is 5.99. The van der Waals surface area contributed by atoms with Crippen LogP contribution in [0.4, 0.5) is 0 Å². The standard InChI is InChI=1S/C21H27NO/c1-2-3-4-5-12-17-22(18-19-13-8-6-9-14-19)21(23)20-15-10-7-11-16-20/h6-11,13-16H,2-5,12,17-18H2,1H3. The maximum Gasteiger partial charge on any atom is 0.254 e. The van der Waals surface area contributed by atoms with E-state index in [2.05, 4.69) is 19.1 Å². The van der Waals surface area contributed by atoms with Crippen molar-refractivity contribution in [2.75, 3.05) is 6.54 Å². The van der Waals surface area contributed by atoms with Crippen LogP contribution in [0, 0.1) is 0 Å². The summed E-state index contributed by atoms with van der Waals surface area (Å²) in [5.41, 5.74) is 1.96. The van der Waals surface area contributed by atoms with Crippen molar-refractivity contribution in [2.45, 2.75) is 45.6 Å². The molecule has 2 nitrogen and oxygen atoms in total. The molecule has 0 saturated heterocycles. The van der Waals surface area contributed by atoms with Crippen molar-refractivity contribution in [1.82, 2.24) is 4.90 Å². The van der Waals surface area contributed by atoms with E-state index in [1.807, 2.05) is 53.4 Å². The van der Waals surface area contributed by atoms with Gasteiger partial charge >= 0.3 is 0 Å². The van der Waals surface area contributed by atoms with Crippen molar-refractivity contribution in [3.05, 3.63) is 71.8 Å². The second-order valence-corrected chi connectivity index (χ2v) is 5.99. The summed E-state index contributed by atoms with van der Waals surface area (Å²) in [5.74, 6) is 0.130. The average Bonchev–Trinajstić information content (AvgIpc) is 2.61. The van der Waals surface area contributed by atoms with Gasteiger partial charge < -0.3 is 4.90 Å². The van der Waals surface area contributed by atoms with Crippen molar-refractivity contribution in [2.24, 2.45) is 0 Å². The fourth-order valence-electron chi connectivity index (χ4n) is 2.73. The van der Waals surface area contributed by atoms with Crippen LogP contribution >= 0.6 is 0 Å². The van der Waals surface area contributed by atoms with Gasteiger partial charge in [0.15, 0.2) is 0 Å². The van der Waals surface area contributed by atoms with Crippen LogP contribution in [0.5, 0.6) is 0 Å². The molecule has 0 atom stereocenters. The van der Waals surface area contributed by atoms with E-state index in [0.717, 1.165) is 18.5 Å². The van der Waals surface area contributed by atoms with E-state index in [0.29, 0.717) is 6.54 Å². The highest BCUT2D eigenvalue weighted by molar-refractivity contribution is 5.94. The third kappa shape index (κ3) is 5.90. The maximum atomic E-state index is 12.8. The van der Waals surface area contributed by atoms with Gasteiger partial charge in [-0.3, -0.25) is 4.79 Å². The summed E-state index contributed by atoms with van der Waals surface area (Å²) < 4.78 is 0. The highest BCUT2D eigenvalue weighted by atomic mass is 16.2. The van der Waals surface area contributed by atoms with Gasteiger partial charge in [-0.05, 0) is 24.1 Å². The third-order valence-corrected chi connectivity index (χ3v) is 4.06. The first-order valence-electron chi connectivity index (χ1n) is 8.69. The molecule has 0 spiro atoms. The number of hydrogen-bond acceptors (Lipinski definition) is 1. The van der Waals surface area contributed by atoms with E-state index in [1.165, 1.54) is 31.2 Å². The zero-order valence-electron chi connectivity index (χ0n) is 14.1. The molecule has 0 aliphatic heterocycles. The molecule has 2 aromatic carbocycles. The highest BCUT2D eigenvalue weighted by Gasteiger charge is 2.15. The Hall–Kier alpha value is -2.09. The molecule has 23 heavy (non-hydrogen) atoms. The van der Waals surface area contributed by atoms with Crippen molar-refractivity contribution < 1.29 is 4.79 Å². The Balaban J connectivity index is 2.00. The van der Waals surface area contributed by atoms with Crippen LogP contribution in [0.25, 0.3) is 0 Å². The van der Waals surface area contributed by atoms with Crippen LogP contribution in [-0.2, 0) is 6.54 Å². The van der Waals surface area contributed by atoms with Gasteiger partial charge in [0, 0.05) is 18.7 Å². The lowest BCUT2D eigenvalue weighted by molar-refractivity contribution is 0.0740. The zero-order chi connectivity index (χ0) is 16.3. The van der Waals surface area contributed by atoms with Gasteiger partial charge in [-0.2, -0.15) is 0 Å². The normalized spacial score (nSPS) is 10.5. The topological polar surface area (TPSA) is 20.3 Å². The Labute approximate surface area is 140 Å². The molecular weight excluding hydrogens is 282 g/mol. The van der Waals surface area contributed by atoms with Crippen molar-refractivity contribution in [3.8, 4) is 0 Å². The maximum absolute atomic E-state index is 12.8. The van der Waals surface area contributed by atoms with E-state index in [1.54, 1.807) is 0 Å². The van der Waals surface area contributed by atoms with Crippen molar-refractivity contribution in [3.63, 3.8) is 0 Å². The van der Waals surface area contributed by atoms with E-state index >= 15 is 0 Å². The Morgan fingerprint density at radius 1 is 0.826 bits per heavy atom. The molecule has 0 saturated carbocycles. The van der Waals surface area contributed by atoms with Crippen LogP contribution in [0.15, 0.2) is 60.7 Å². The molecule has 0 fully saturated rings. The van der Waals surface area contributed by atoms with Gasteiger partial charge in [0.05, 0.1) is 0 Å². The lowest BCUT2D eigenvalue weighted by atomic mass is 10.1. The number of rotatable bonds is 9. The largest absolute Gasteiger partial charge is 0.334 e. The van der Waals surface area contributed by atoms with E-state index in [4.69, 9.17) is 0 Å². The predicted octanol–water partition coefficient (Wildman–Crippen LogP) is 5.30. The van der Waals surface area contributed by atoms with Crippen molar-refractivity contribution >= 4 is 5.91 Å². The number of hydrogen-bond donors (Lipinski definition) is 0. The van der Waals surface area contributed by atoms with Crippen LogP contribution in [-0.4, -0.2) is 17.4 Å². The first-order valence-corrected chi connectivity index (χ1v) is 8.69. The van der Waals surface area contributed by atoms with Gasteiger partial charge in [0.1, 0.15) is 0 Å². The summed E-state index contributed by atoms with van der Waals surface area (Å²) in [6, 6.07) is 19.8. The van der Waals surface area contributed by atoms with Gasteiger partial charge in [-0.25, -0.2) is 0 Å². The Morgan fingerprint density at radius 2 is 1.43 bits per heavy atom. The fourth-order valence-corrected chi connectivity index (χ4v) is 2.73. The molecule has 0 aliphatic rings. The number of benzene rings is 2. The summed E-state index contributed by atoms with van der Waals surface area (Å²) in [5, 5.41) is 0. The summed E-state index contributed by atoms with van der Waals surface area (Å²) in [6.45, 7) is 3.73. The van der Waals surface area contributed by atoms with Crippen LogP contribution < -0.4 is 0 Å². The Kier molecular flexibility index (Phi) is 7.38. The second kappa shape index (κ2) is 9.83. The van der Waals surface area contributed by atoms with Gasteiger partial charge in [-0.1, -0.05) is 81.1 Å². The van der Waals surface area contributed by atoms with Gasteiger partial charge in [0.2, 0.25) is 0 Å². The molecule has 0 heterocycles. The summed E-state index contributed by atoms with van der Waals surface area (Å²) >= 11 is 0. The minimum Gasteiger partial charge on any atom is -0.334 e. The molecule has 2 heteroatoms. The molecule has 0 aromatic heterocycles. The minimum absolute atomic E-state index is 0.130. The highest BCUT2D eigenvalue weighted by Crippen LogP contribution is 2.12. The summed E-state index contributed by atoms with van der Waals surface area (Å²) in [4.78, 5) is 14.8. The lowest BCUT2D eigenvalue weighted by Crippen LogP contribution is -2.31. The number of amides is 1. The summed E-state index contributed by atoms with van der Waals surface area (Å²) in [6.07, 6.45) is 6.06. The molecule has 0 bridgehead atoms. The molecule has 0 unspecified atom stereocenters. The van der Waals surface area contributed by atoms with E-state index in [-0.39, 0.29) is 5.91 Å². The number of carbonyl (C=O) groups excluding carboxylic acids is 1. The van der Waals surface area contributed by atoms with Gasteiger partial charge in [0.25, 0.3) is 5.91 Å². The molecule has 122 valence electrons. The SMILES string of the molecule is CCCCCCCN(Cc1ccccc1)C(=O)c1ccccc1. The smallest absolute Gasteiger partial charge is 0.254 e. The molecule has 0 N–H and O–H groups in total. The zero-order valence-corrected chi connectivity index (χ0v) is 14.1. The fraction of sp³-hybridized carbons (Fsp3) is 0.381. The molecular formula is C21H27NO. The van der Waals surface area contributed by atoms with Crippen LogP contribution in [0.1, 0.15) is 54.9 Å². The molecule has 0 aliphatic carbocycles. The van der Waals surface area contributed by atoms with Crippen molar-refractivity contribution in [1.29, 1.82) is 0 Å².